The van der Waals surface area contributed by atoms with E-state index >= 15 is 0 Å². The van der Waals surface area contributed by atoms with Gasteiger partial charge in [0.25, 0.3) is 5.91 Å². The van der Waals surface area contributed by atoms with Crippen molar-refractivity contribution < 1.29 is 14.7 Å². The zero-order valence-corrected chi connectivity index (χ0v) is 20.4. The maximum Gasteiger partial charge on any atom is 0.251 e. The first-order valence-corrected chi connectivity index (χ1v) is 13.0. The molecule has 0 radical (unpaired) electrons. The molecule has 3 atom stereocenters. The van der Waals surface area contributed by atoms with Gasteiger partial charge in [0.2, 0.25) is 5.91 Å². The lowest BCUT2D eigenvalue weighted by atomic mass is 9.94. The molecule has 5 rings (SSSR count). The molecule has 1 aromatic carbocycles. The number of β-amino-alcohol motifs (C(OH)–C–C–N with tert-alkyl or cyclic N) is 1. The number of hydrogen-bond donors (Lipinski definition) is 2. The summed E-state index contributed by atoms with van der Waals surface area (Å²) in [6.45, 7) is 0.104. The Bertz CT molecular complexity index is 1110. The van der Waals surface area contributed by atoms with E-state index in [1.165, 1.54) is 34.6 Å². The minimum Gasteiger partial charge on any atom is -0.391 e. The Morgan fingerprint density at radius 2 is 1.86 bits per heavy atom. The lowest BCUT2D eigenvalue weighted by molar-refractivity contribution is -0.128. The fourth-order valence-electron chi connectivity index (χ4n) is 5.53. The molecule has 8 heteroatoms. The average molecular weight is 488 g/mol. The number of aliphatic hydroxyl groups is 1. The number of nitrogens with one attached hydrogen (secondary N) is 1. The monoisotopic (exact) mass is 487 g/mol. The molecule has 2 saturated carbocycles. The van der Waals surface area contributed by atoms with Crippen LogP contribution in [-0.4, -0.2) is 51.5 Å². The summed E-state index contributed by atoms with van der Waals surface area (Å²) in [6.07, 6.45) is 12.2. The van der Waals surface area contributed by atoms with Gasteiger partial charge >= 0.3 is 0 Å². The summed E-state index contributed by atoms with van der Waals surface area (Å²) < 4.78 is 0. The summed E-state index contributed by atoms with van der Waals surface area (Å²) in [5.41, 5.74) is 2.43. The molecule has 3 fully saturated rings. The van der Waals surface area contributed by atoms with Gasteiger partial charge in [-0.2, -0.15) is 5.26 Å². The van der Waals surface area contributed by atoms with Crippen molar-refractivity contribution in [2.45, 2.75) is 81.5 Å². The predicted molar refractivity (Wildman–Crippen MR) is 135 cm³/mol. The Kier molecular flexibility index (Phi) is 7.19. The van der Waals surface area contributed by atoms with Crippen LogP contribution in [-0.2, 0) is 9.59 Å². The number of nitriles is 1. The third-order valence-corrected chi connectivity index (χ3v) is 7.61. The predicted octanol–water partition coefficient (Wildman–Crippen LogP) is 3.40. The Morgan fingerprint density at radius 3 is 2.50 bits per heavy atom. The van der Waals surface area contributed by atoms with Crippen molar-refractivity contribution in [2.24, 2.45) is 0 Å². The smallest absolute Gasteiger partial charge is 0.251 e. The number of carbonyl (C=O) groups excluding carboxylic acids is 2. The van der Waals surface area contributed by atoms with Gasteiger partial charge in [-0.1, -0.05) is 37.5 Å². The van der Waals surface area contributed by atoms with Crippen molar-refractivity contribution in [3.8, 4) is 6.19 Å². The van der Waals surface area contributed by atoms with Gasteiger partial charge < -0.3 is 10.4 Å². The molecular formula is C28H33N5O3. The number of amides is 2. The topological polar surface area (TPSA) is 110 Å². The summed E-state index contributed by atoms with van der Waals surface area (Å²) >= 11 is 0. The van der Waals surface area contributed by atoms with Crippen molar-refractivity contribution in [3.05, 3.63) is 59.9 Å². The molecule has 188 valence electrons. The van der Waals surface area contributed by atoms with E-state index in [4.69, 9.17) is 0 Å². The van der Waals surface area contributed by atoms with E-state index in [-0.39, 0.29) is 30.8 Å². The second kappa shape index (κ2) is 10.7. The van der Waals surface area contributed by atoms with Gasteiger partial charge in [0, 0.05) is 36.1 Å². The highest BCUT2D eigenvalue weighted by molar-refractivity contribution is 6.04. The summed E-state index contributed by atoms with van der Waals surface area (Å²) in [5.74, 6) is -0.0672. The molecule has 2 amide bonds. The molecule has 1 aromatic heterocycles. The van der Waals surface area contributed by atoms with Gasteiger partial charge in [-0.25, -0.2) is 0 Å². The molecular weight excluding hydrogens is 454 g/mol. The highest BCUT2D eigenvalue weighted by Crippen LogP contribution is 2.41. The van der Waals surface area contributed by atoms with Crippen molar-refractivity contribution >= 4 is 17.5 Å². The Labute approximate surface area is 211 Å². The van der Waals surface area contributed by atoms with Gasteiger partial charge in [-0.15, -0.1) is 0 Å². The largest absolute Gasteiger partial charge is 0.391 e. The molecule has 0 bridgehead atoms. The van der Waals surface area contributed by atoms with Gasteiger partial charge in [-0.05, 0) is 55.4 Å². The number of hydrogen-bond acceptors (Lipinski definition) is 6. The van der Waals surface area contributed by atoms with Crippen molar-refractivity contribution in [3.63, 3.8) is 0 Å². The van der Waals surface area contributed by atoms with Crippen LogP contribution in [0, 0.1) is 11.5 Å². The van der Waals surface area contributed by atoms with Crippen LogP contribution in [0.4, 0.5) is 5.69 Å². The van der Waals surface area contributed by atoms with Gasteiger partial charge in [0.05, 0.1) is 12.6 Å². The number of aromatic nitrogens is 1. The molecule has 8 nitrogen and oxygen atoms in total. The van der Waals surface area contributed by atoms with Crippen LogP contribution in [0.5, 0.6) is 0 Å². The summed E-state index contributed by atoms with van der Waals surface area (Å²) in [6, 6.07) is 9.70. The zero-order chi connectivity index (χ0) is 25.1. The fraction of sp³-hybridized carbons (Fsp3) is 0.500. The van der Waals surface area contributed by atoms with E-state index in [1.807, 2.05) is 30.3 Å². The zero-order valence-electron chi connectivity index (χ0n) is 20.4. The van der Waals surface area contributed by atoms with E-state index in [2.05, 4.69) is 16.5 Å². The molecule has 0 spiro atoms. The number of benzene rings is 1. The number of anilines is 1. The lowest BCUT2D eigenvalue weighted by Crippen LogP contribution is -2.51. The SMILES string of the molecule is N#CN1C[C@H](O)C[C@@H]1C(=O)N(c1ccc(C2CC2)cc1)C(C(=O)NC1CCCCC1)c1cccnc1. The minimum absolute atomic E-state index is 0.0727. The maximum atomic E-state index is 14.1. The first-order chi connectivity index (χ1) is 17.5. The van der Waals surface area contributed by atoms with Crippen LogP contribution >= 0.6 is 0 Å². The van der Waals surface area contributed by atoms with Gasteiger partial charge in [0.15, 0.2) is 6.19 Å². The second-order valence-electron chi connectivity index (χ2n) is 10.3. The lowest BCUT2D eigenvalue weighted by Gasteiger charge is -2.35. The van der Waals surface area contributed by atoms with Crippen LogP contribution < -0.4 is 10.2 Å². The van der Waals surface area contributed by atoms with Gasteiger partial charge in [-0.3, -0.25) is 24.4 Å². The van der Waals surface area contributed by atoms with Crippen molar-refractivity contribution in [1.29, 1.82) is 5.26 Å². The Hall–Kier alpha value is -3.44. The van der Waals surface area contributed by atoms with E-state index in [0.717, 1.165) is 25.7 Å². The molecule has 2 aromatic rings. The van der Waals surface area contributed by atoms with Crippen LogP contribution in [0.15, 0.2) is 48.8 Å². The van der Waals surface area contributed by atoms with Crippen LogP contribution in [0.25, 0.3) is 0 Å². The highest BCUT2D eigenvalue weighted by atomic mass is 16.3. The summed E-state index contributed by atoms with van der Waals surface area (Å²) in [7, 11) is 0. The third kappa shape index (κ3) is 5.21. The van der Waals surface area contributed by atoms with Crippen LogP contribution in [0.1, 0.15) is 74.5 Å². The minimum atomic E-state index is -0.946. The number of rotatable bonds is 7. The highest BCUT2D eigenvalue weighted by Gasteiger charge is 2.43. The number of pyridine rings is 1. The number of likely N-dealkylation sites (tertiary alicyclic amines) is 1. The molecule has 1 aliphatic heterocycles. The number of carbonyl (C=O) groups is 2. The Balaban J connectivity index is 1.54. The third-order valence-electron chi connectivity index (χ3n) is 7.61. The molecule has 1 saturated heterocycles. The standard InChI is InChI=1S/C28H33N5O3/c29-18-32-17-24(34)15-25(32)28(36)33(23-12-10-20(11-13-23)19-8-9-19)26(21-5-4-14-30-16-21)27(35)31-22-6-2-1-3-7-22/h4-5,10-14,16,19,22,24-26,34H,1-3,6-9,15,17H2,(H,31,35)/t24-,25-,26?/m1/s1. The van der Waals surface area contributed by atoms with Crippen molar-refractivity contribution in [2.75, 3.05) is 11.4 Å². The quantitative estimate of drug-likeness (QED) is 0.580. The summed E-state index contributed by atoms with van der Waals surface area (Å²) in [4.78, 5) is 35.1. The summed E-state index contributed by atoms with van der Waals surface area (Å²) in [5, 5.41) is 23.1. The number of nitrogens with zero attached hydrogens (tertiary/aromatic N) is 4. The fourth-order valence-corrected chi connectivity index (χ4v) is 5.53. The second-order valence-corrected chi connectivity index (χ2v) is 10.3. The van der Waals surface area contributed by atoms with E-state index in [9.17, 15) is 20.0 Å². The first-order valence-electron chi connectivity index (χ1n) is 13.0. The molecule has 2 N–H and O–H groups in total. The molecule has 1 unspecified atom stereocenters. The first kappa shape index (κ1) is 24.3. The Morgan fingerprint density at radius 1 is 1.11 bits per heavy atom. The van der Waals surface area contributed by atoms with E-state index in [1.54, 1.807) is 18.5 Å². The molecule has 3 aliphatic rings. The maximum absolute atomic E-state index is 14.1. The average Bonchev–Trinajstić information content (AvgIpc) is 3.69. The molecule has 2 heterocycles. The van der Waals surface area contributed by atoms with Crippen molar-refractivity contribution in [1.82, 2.24) is 15.2 Å². The van der Waals surface area contributed by atoms with E-state index in [0.29, 0.717) is 17.2 Å². The molecule has 2 aliphatic carbocycles. The van der Waals surface area contributed by atoms with Crippen LogP contribution in [0.3, 0.4) is 0 Å². The van der Waals surface area contributed by atoms with Crippen LogP contribution in [0.2, 0.25) is 0 Å². The molecule has 36 heavy (non-hydrogen) atoms. The normalized spacial score (nSPS) is 23.1. The van der Waals surface area contributed by atoms with E-state index < -0.39 is 18.2 Å². The van der Waals surface area contributed by atoms with Gasteiger partial charge in [0.1, 0.15) is 12.1 Å². The number of aliphatic hydroxyl groups excluding tert-OH is 1.